The van der Waals surface area contributed by atoms with Gasteiger partial charge in [0.1, 0.15) is 12.6 Å². The highest BCUT2D eigenvalue weighted by atomic mass is 16.5. The average Bonchev–Trinajstić information content (AvgIpc) is 2.53. The lowest BCUT2D eigenvalue weighted by Crippen LogP contribution is -2.40. The fourth-order valence-electron chi connectivity index (χ4n) is 1.60. The predicted molar refractivity (Wildman–Crippen MR) is 78.9 cm³/mol. The fraction of sp³-hybridized carbons (Fsp3) is 0.400. The zero-order valence-corrected chi connectivity index (χ0v) is 12.6. The van der Waals surface area contributed by atoms with Crippen molar-refractivity contribution in [1.29, 1.82) is 0 Å². The summed E-state index contributed by atoms with van der Waals surface area (Å²) in [6.45, 7) is 1.80. The van der Waals surface area contributed by atoms with Crippen LogP contribution in [-0.2, 0) is 25.7 Å². The number of carbonyl (C=O) groups excluding carboxylic acids is 3. The van der Waals surface area contributed by atoms with Crippen LogP contribution in [0, 0.1) is 0 Å². The Hall–Kier alpha value is -2.57. The predicted octanol–water partition coefficient (Wildman–Crippen LogP) is 0.981. The van der Waals surface area contributed by atoms with Crippen LogP contribution in [0.2, 0.25) is 0 Å². The smallest absolute Gasteiger partial charge is 0.407 e. The molecule has 0 aromatic heterocycles. The first-order valence-electron chi connectivity index (χ1n) is 6.84. The second-order valence-corrected chi connectivity index (χ2v) is 4.55. The molecule has 22 heavy (non-hydrogen) atoms. The SMILES string of the molecule is COC(=O)C(C)NC(=O)CCNC(=O)OCc1ccccc1. The van der Waals surface area contributed by atoms with E-state index in [2.05, 4.69) is 15.4 Å². The van der Waals surface area contributed by atoms with Crippen molar-refractivity contribution < 1.29 is 23.9 Å². The molecule has 0 saturated heterocycles. The van der Waals surface area contributed by atoms with E-state index in [1.54, 1.807) is 0 Å². The summed E-state index contributed by atoms with van der Waals surface area (Å²) in [6.07, 6.45) is -0.556. The lowest BCUT2D eigenvalue weighted by Gasteiger charge is -2.11. The number of amides is 2. The molecule has 0 saturated carbocycles. The second-order valence-electron chi connectivity index (χ2n) is 4.55. The number of rotatable bonds is 7. The summed E-state index contributed by atoms with van der Waals surface area (Å²) in [5.41, 5.74) is 0.877. The maximum absolute atomic E-state index is 11.5. The topological polar surface area (TPSA) is 93.7 Å². The van der Waals surface area contributed by atoms with Gasteiger partial charge < -0.3 is 20.1 Å². The van der Waals surface area contributed by atoms with E-state index >= 15 is 0 Å². The molecular formula is C15H20N2O5. The van der Waals surface area contributed by atoms with Crippen molar-refractivity contribution in [3.8, 4) is 0 Å². The van der Waals surface area contributed by atoms with Gasteiger partial charge in [-0.25, -0.2) is 9.59 Å². The van der Waals surface area contributed by atoms with E-state index in [9.17, 15) is 14.4 Å². The number of benzene rings is 1. The zero-order chi connectivity index (χ0) is 16.4. The van der Waals surface area contributed by atoms with Gasteiger partial charge in [0.05, 0.1) is 7.11 Å². The normalized spacial score (nSPS) is 11.2. The average molecular weight is 308 g/mol. The minimum absolute atomic E-state index is 0.0434. The molecule has 0 spiro atoms. The Morgan fingerprint density at radius 1 is 1.18 bits per heavy atom. The lowest BCUT2D eigenvalue weighted by atomic mass is 10.2. The summed E-state index contributed by atoms with van der Waals surface area (Å²) in [5.74, 6) is -0.884. The molecule has 0 aliphatic heterocycles. The van der Waals surface area contributed by atoms with Gasteiger partial charge in [-0.3, -0.25) is 4.79 Å². The number of carbonyl (C=O) groups is 3. The van der Waals surface area contributed by atoms with Crippen molar-refractivity contribution >= 4 is 18.0 Å². The van der Waals surface area contributed by atoms with E-state index in [-0.39, 0.29) is 25.5 Å². The molecule has 0 fully saturated rings. The summed E-state index contributed by atoms with van der Waals surface area (Å²) < 4.78 is 9.48. The number of nitrogens with one attached hydrogen (secondary N) is 2. The van der Waals surface area contributed by atoms with Crippen LogP contribution >= 0.6 is 0 Å². The molecule has 120 valence electrons. The van der Waals surface area contributed by atoms with Crippen LogP contribution < -0.4 is 10.6 Å². The molecule has 7 heteroatoms. The van der Waals surface area contributed by atoms with E-state index < -0.39 is 18.1 Å². The van der Waals surface area contributed by atoms with Crippen LogP contribution in [0.25, 0.3) is 0 Å². The minimum Gasteiger partial charge on any atom is -0.467 e. The highest BCUT2D eigenvalue weighted by Gasteiger charge is 2.15. The van der Waals surface area contributed by atoms with E-state index in [0.29, 0.717) is 0 Å². The number of esters is 1. The van der Waals surface area contributed by atoms with E-state index in [1.807, 2.05) is 30.3 Å². The Kier molecular flexibility index (Phi) is 7.45. The van der Waals surface area contributed by atoms with Crippen molar-refractivity contribution in [2.45, 2.75) is 26.0 Å². The summed E-state index contributed by atoms with van der Waals surface area (Å²) in [4.78, 5) is 34.1. The van der Waals surface area contributed by atoms with Gasteiger partial charge in [0, 0.05) is 13.0 Å². The second kappa shape index (κ2) is 9.38. The summed E-state index contributed by atoms with van der Waals surface area (Å²) >= 11 is 0. The van der Waals surface area contributed by atoms with Crippen molar-refractivity contribution in [3.63, 3.8) is 0 Å². The zero-order valence-electron chi connectivity index (χ0n) is 12.6. The number of hydrogen-bond acceptors (Lipinski definition) is 5. The van der Waals surface area contributed by atoms with Crippen molar-refractivity contribution in [2.75, 3.05) is 13.7 Å². The summed E-state index contributed by atoms with van der Waals surface area (Å²) in [6, 6.07) is 8.54. The highest BCUT2D eigenvalue weighted by molar-refractivity contribution is 5.84. The van der Waals surface area contributed by atoms with Gasteiger partial charge >= 0.3 is 12.1 Å². The number of hydrogen-bond donors (Lipinski definition) is 2. The molecule has 0 radical (unpaired) electrons. The van der Waals surface area contributed by atoms with Gasteiger partial charge in [-0.1, -0.05) is 30.3 Å². The first-order valence-corrected chi connectivity index (χ1v) is 6.84. The summed E-state index contributed by atoms with van der Waals surface area (Å²) in [7, 11) is 1.25. The molecule has 1 atom stereocenters. The molecule has 2 amide bonds. The van der Waals surface area contributed by atoms with Crippen molar-refractivity contribution in [2.24, 2.45) is 0 Å². The van der Waals surface area contributed by atoms with Crippen LogP contribution in [0.3, 0.4) is 0 Å². The fourth-order valence-corrected chi connectivity index (χ4v) is 1.60. The van der Waals surface area contributed by atoms with Gasteiger partial charge in [-0.05, 0) is 12.5 Å². The van der Waals surface area contributed by atoms with E-state index in [4.69, 9.17) is 4.74 Å². The van der Waals surface area contributed by atoms with Crippen molar-refractivity contribution in [1.82, 2.24) is 10.6 Å². The Bertz CT molecular complexity index is 504. The van der Waals surface area contributed by atoms with Crippen LogP contribution in [0.1, 0.15) is 18.9 Å². The van der Waals surface area contributed by atoms with Gasteiger partial charge in [-0.2, -0.15) is 0 Å². The van der Waals surface area contributed by atoms with Crippen molar-refractivity contribution in [3.05, 3.63) is 35.9 Å². The van der Waals surface area contributed by atoms with Crippen LogP contribution in [0.15, 0.2) is 30.3 Å². The van der Waals surface area contributed by atoms with E-state index in [0.717, 1.165) is 5.56 Å². The maximum atomic E-state index is 11.5. The standard InChI is InChI=1S/C15H20N2O5/c1-11(14(19)21-2)17-13(18)8-9-16-15(20)22-10-12-6-4-3-5-7-12/h3-7,11H,8-10H2,1-2H3,(H,16,20)(H,17,18). The van der Waals surface area contributed by atoms with Gasteiger partial charge in [0.2, 0.25) is 5.91 Å². The molecule has 0 heterocycles. The van der Waals surface area contributed by atoms with Gasteiger partial charge in [-0.15, -0.1) is 0 Å². The van der Waals surface area contributed by atoms with Crippen LogP contribution in [0.5, 0.6) is 0 Å². The number of ether oxygens (including phenoxy) is 2. The van der Waals surface area contributed by atoms with Crippen LogP contribution in [0.4, 0.5) is 4.79 Å². The third-order valence-electron chi connectivity index (χ3n) is 2.77. The molecule has 0 bridgehead atoms. The molecule has 1 unspecified atom stereocenters. The molecule has 0 aliphatic carbocycles. The first kappa shape index (κ1) is 17.5. The van der Waals surface area contributed by atoms with Crippen LogP contribution in [-0.4, -0.2) is 37.7 Å². The largest absolute Gasteiger partial charge is 0.467 e. The molecule has 7 nitrogen and oxygen atoms in total. The molecule has 1 aromatic carbocycles. The number of alkyl carbamates (subject to hydrolysis) is 1. The molecule has 1 rings (SSSR count). The molecule has 0 aliphatic rings. The summed E-state index contributed by atoms with van der Waals surface area (Å²) in [5, 5.41) is 4.92. The quantitative estimate of drug-likeness (QED) is 0.732. The van der Waals surface area contributed by atoms with E-state index in [1.165, 1.54) is 14.0 Å². The maximum Gasteiger partial charge on any atom is 0.407 e. The molecule has 2 N–H and O–H groups in total. The monoisotopic (exact) mass is 308 g/mol. The third-order valence-corrected chi connectivity index (χ3v) is 2.77. The lowest BCUT2D eigenvalue weighted by molar-refractivity contribution is -0.144. The first-order chi connectivity index (χ1) is 10.5. The minimum atomic E-state index is -0.720. The van der Waals surface area contributed by atoms with Gasteiger partial charge in [0.15, 0.2) is 0 Å². The highest BCUT2D eigenvalue weighted by Crippen LogP contribution is 2.00. The third kappa shape index (κ3) is 6.74. The Balaban J connectivity index is 2.16. The Morgan fingerprint density at radius 3 is 2.50 bits per heavy atom. The number of methoxy groups -OCH3 is 1. The van der Waals surface area contributed by atoms with Gasteiger partial charge in [0.25, 0.3) is 0 Å². The molecule has 1 aromatic rings. The molecular weight excluding hydrogens is 288 g/mol. The Morgan fingerprint density at radius 2 is 1.86 bits per heavy atom. The Labute approximate surface area is 129 Å².